The molecule has 0 saturated carbocycles. The van der Waals surface area contributed by atoms with Gasteiger partial charge in [-0.2, -0.15) is 5.10 Å². The minimum atomic E-state index is -0.330. The molecule has 4 heteroatoms. The Hall–Kier alpha value is -1.09. The van der Waals surface area contributed by atoms with Crippen molar-refractivity contribution in [2.75, 3.05) is 0 Å². The van der Waals surface area contributed by atoms with E-state index in [9.17, 15) is 4.39 Å². The van der Waals surface area contributed by atoms with Crippen LogP contribution >= 0.6 is 11.6 Å². The van der Waals surface area contributed by atoms with Crippen molar-refractivity contribution in [1.29, 1.82) is 0 Å². The van der Waals surface area contributed by atoms with Gasteiger partial charge in [-0.3, -0.25) is 5.01 Å². The largest absolute Gasteiger partial charge is 0.292 e. The highest BCUT2D eigenvalue weighted by Crippen LogP contribution is 2.23. The molecule has 18 heavy (non-hydrogen) atoms. The van der Waals surface area contributed by atoms with Crippen molar-refractivity contribution < 1.29 is 4.39 Å². The Morgan fingerprint density at radius 2 is 2.00 bits per heavy atom. The van der Waals surface area contributed by atoms with Crippen LogP contribution in [-0.4, -0.2) is 23.3 Å². The van der Waals surface area contributed by atoms with Crippen molar-refractivity contribution in [3.63, 3.8) is 0 Å². The number of rotatable bonds is 2. The fourth-order valence-corrected chi connectivity index (χ4v) is 2.61. The summed E-state index contributed by atoms with van der Waals surface area (Å²) in [5, 5.41) is 6.87. The molecule has 1 aliphatic rings. The van der Waals surface area contributed by atoms with Gasteiger partial charge in [-0.05, 0) is 45.2 Å². The van der Waals surface area contributed by atoms with Gasteiger partial charge in [-0.15, -0.1) is 0 Å². The molecule has 0 bridgehead atoms. The Bertz CT molecular complexity index is 417. The molecule has 98 valence electrons. The van der Waals surface area contributed by atoms with E-state index in [0.717, 1.165) is 12.8 Å². The van der Waals surface area contributed by atoms with Crippen molar-refractivity contribution >= 4 is 17.8 Å². The van der Waals surface area contributed by atoms with E-state index < -0.39 is 0 Å². The van der Waals surface area contributed by atoms with Crippen LogP contribution in [0.3, 0.4) is 0 Å². The first kappa shape index (κ1) is 13.3. The van der Waals surface area contributed by atoms with Crippen LogP contribution < -0.4 is 0 Å². The lowest BCUT2D eigenvalue weighted by Gasteiger charge is -2.36. The molecule has 0 radical (unpaired) electrons. The van der Waals surface area contributed by atoms with Crippen LogP contribution in [0.1, 0.15) is 38.7 Å². The summed E-state index contributed by atoms with van der Waals surface area (Å²) in [6.07, 6.45) is 5.03. The zero-order valence-corrected chi connectivity index (χ0v) is 11.5. The summed E-state index contributed by atoms with van der Waals surface area (Å²) in [6, 6.07) is 5.47. The predicted molar refractivity (Wildman–Crippen MR) is 73.6 cm³/mol. The van der Waals surface area contributed by atoms with Crippen molar-refractivity contribution in [2.45, 2.75) is 45.2 Å². The fraction of sp³-hybridized carbons (Fsp3) is 0.500. The first-order valence-corrected chi connectivity index (χ1v) is 6.73. The van der Waals surface area contributed by atoms with E-state index in [4.69, 9.17) is 11.6 Å². The third kappa shape index (κ3) is 2.83. The van der Waals surface area contributed by atoms with Crippen LogP contribution in [0.2, 0.25) is 5.02 Å². The average Bonchev–Trinajstić information content (AvgIpc) is 2.31. The van der Waals surface area contributed by atoms with Crippen LogP contribution in [0, 0.1) is 5.82 Å². The standard InChI is InChI=1S/C14H18ClFN2/c1-10-5-3-6-11(2)18(10)17-9-12-13(15)7-4-8-14(12)16/h4,7-11H,3,5-6H2,1-2H3. The lowest BCUT2D eigenvalue weighted by molar-refractivity contribution is 0.109. The zero-order chi connectivity index (χ0) is 13.1. The van der Waals surface area contributed by atoms with Gasteiger partial charge >= 0.3 is 0 Å². The van der Waals surface area contributed by atoms with Crippen LogP contribution in [0.4, 0.5) is 4.39 Å². The molecular weight excluding hydrogens is 251 g/mol. The second-order valence-electron chi connectivity index (χ2n) is 4.89. The molecule has 2 unspecified atom stereocenters. The van der Waals surface area contributed by atoms with Crippen molar-refractivity contribution in [2.24, 2.45) is 5.10 Å². The van der Waals surface area contributed by atoms with E-state index in [2.05, 4.69) is 18.9 Å². The van der Waals surface area contributed by atoms with Crippen LogP contribution in [0.15, 0.2) is 23.3 Å². The maximum atomic E-state index is 13.6. The summed E-state index contributed by atoms with van der Waals surface area (Å²) in [4.78, 5) is 0. The lowest BCUT2D eigenvalue weighted by atomic mass is 10.00. The van der Waals surface area contributed by atoms with Gasteiger partial charge in [0.1, 0.15) is 5.82 Å². The number of hydrogen-bond acceptors (Lipinski definition) is 2. The first-order chi connectivity index (χ1) is 8.59. The van der Waals surface area contributed by atoms with Gasteiger partial charge in [0, 0.05) is 17.6 Å². The van der Waals surface area contributed by atoms with Crippen molar-refractivity contribution in [1.82, 2.24) is 5.01 Å². The monoisotopic (exact) mass is 268 g/mol. The van der Waals surface area contributed by atoms with E-state index in [1.807, 2.05) is 5.01 Å². The predicted octanol–water partition coefficient (Wildman–Crippen LogP) is 4.08. The van der Waals surface area contributed by atoms with E-state index >= 15 is 0 Å². The van der Waals surface area contributed by atoms with Gasteiger partial charge in [0.05, 0.1) is 11.2 Å². The number of halogens is 2. The summed E-state index contributed by atoms with van der Waals surface area (Å²) in [5.74, 6) is -0.330. The third-order valence-corrected chi connectivity index (χ3v) is 3.80. The van der Waals surface area contributed by atoms with Crippen LogP contribution in [0.5, 0.6) is 0 Å². The number of benzene rings is 1. The van der Waals surface area contributed by atoms with Crippen LogP contribution in [-0.2, 0) is 0 Å². The van der Waals surface area contributed by atoms with Gasteiger partial charge in [0.25, 0.3) is 0 Å². The molecule has 2 atom stereocenters. The molecule has 2 nitrogen and oxygen atoms in total. The van der Waals surface area contributed by atoms with Crippen molar-refractivity contribution in [3.8, 4) is 0 Å². The molecule has 0 aliphatic carbocycles. The summed E-state index contributed by atoms with van der Waals surface area (Å²) >= 11 is 5.97. The number of piperidine rings is 1. The Morgan fingerprint density at radius 3 is 2.61 bits per heavy atom. The molecule has 1 aromatic carbocycles. The van der Waals surface area contributed by atoms with Crippen molar-refractivity contribution in [3.05, 3.63) is 34.6 Å². The third-order valence-electron chi connectivity index (χ3n) is 3.47. The second kappa shape index (κ2) is 5.70. The van der Waals surface area contributed by atoms with Gasteiger partial charge in [0.2, 0.25) is 0 Å². The van der Waals surface area contributed by atoms with Gasteiger partial charge in [0.15, 0.2) is 0 Å². The molecule has 1 aromatic rings. The summed E-state index contributed by atoms with van der Waals surface area (Å²) in [7, 11) is 0. The first-order valence-electron chi connectivity index (χ1n) is 6.36. The zero-order valence-electron chi connectivity index (χ0n) is 10.7. The topological polar surface area (TPSA) is 15.6 Å². The lowest BCUT2D eigenvalue weighted by Crippen LogP contribution is -2.39. The maximum Gasteiger partial charge on any atom is 0.133 e. The van der Waals surface area contributed by atoms with Gasteiger partial charge in [-0.25, -0.2) is 4.39 Å². The summed E-state index contributed by atoms with van der Waals surface area (Å²) < 4.78 is 13.6. The van der Waals surface area contributed by atoms with E-state index in [1.54, 1.807) is 12.1 Å². The Kier molecular flexibility index (Phi) is 4.23. The molecule has 0 N–H and O–H groups in total. The molecule has 1 heterocycles. The molecular formula is C14H18ClFN2. The Balaban J connectivity index is 2.19. The number of nitrogens with zero attached hydrogens (tertiary/aromatic N) is 2. The van der Waals surface area contributed by atoms with E-state index in [-0.39, 0.29) is 5.82 Å². The fourth-order valence-electron chi connectivity index (χ4n) is 2.39. The molecule has 2 rings (SSSR count). The molecule has 0 spiro atoms. The molecule has 0 amide bonds. The number of hydrazone groups is 1. The minimum absolute atomic E-state index is 0.330. The smallest absolute Gasteiger partial charge is 0.133 e. The highest BCUT2D eigenvalue weighted by molar-refractivity contribution is 6.33. The maximum absolute atomic E-state index is 13.6. The summed E-state index contributed by atoms with van der Waals surface area (Å²) in [5.41, 5.74) is 0.365. The highest BCUT2D eigenvalue weighted by Gasteiger charge is 2.22. The van der Waals surface area contributed by atoms with Gasteiger partial charge in [-0.1, -0.05) is 17.7 Å². The van der Waals surface area contributed by atoms with E-state index in [1.165, 1.54) is 18.7 Å². The molecule has 0 aromatic heterocycles. The highest BCUT2D eigenvalue weighted by atomic mass is 35.5. The quantitative estimate of drug-likeness (QED) is 0.738. The molecule has 1 aliphatic heterocycles. The average molecular weight is 269 g/mol. The second-order valence-corrected chi connectivity index (χ2v) is 5.30. The number of hydrogen-bond donors (Lipinski definition) is 0. The SMILES string of the molecule is CC1CCCC(C)N1N=Cc1c(F)cccc1Cl. The minimum Gasteiger partial charge on any atom is -0.292 e. The van der Waals surface area contributed by atoms with Crippen LogP contribution in [0.25, 0.3) is 0 Å². The van der Waals surface area contributed by atoms with Gasteiger partial charge < -0.3 is 0 Å². The summed E-state index contributed by atoms with van der Waals surface area (Å²) in [6.45, 7) is 4.30. The molecule has 1 fully saturated rings. The Labute approximate surface area is 112 Å². The van der Waals surface area contributed by atoms with E-state index in [0.29, 0.717) is 22.7 Å². The molecule has 1 saturated heterocycles. The Morgan fingerprint density at radius 1 is 1.33 bits per heavy atom. The normalized spacial score (nSPS) is 24.8.